The number of nitrogens with two attached hydrogens (primary N) is 1. The van der Waals surface area contributed by atoms with Gasteiger partial charge in [0.05, 0.1) is 6.04 Å². The summed E-state index contributed by atoms with van der Waals surface area (Å²) in [5.41, 5.74) is 7.28. The van der Waals surface area contributed by atoms with Crippen molar-refractivity contribution >= 4 is 27.3 Å². The highest BCUT2D eigenvalue weighted by Gasteiger charge is 2.11. The maximum absolute atomic E-state index is 6.14. The number of thiophene rings is 1. The Bertz CT molecular complexity index is 411. The maximum Gasteiger partial charge on any atom is 0.0657 e. The van der Waals surface area contributed by atoms with E-state index in [1.165, 1.54) is 4.88 Å². The lowest BCUT2D eigenvalue weighted by Crippen LogP contribution is -2.10. The maximum atomic E-state index is 6.14. The van der Waals surface area contributed by atoms with E-state index in [0.29, 0.717) is 0 Å². The highest BCUT2D eigenvalue weighted by molar-refractivity contribution is 9.10. The van der Waals surface area contributed by atoms with Gasteiger partial charge in [0.1, 0.15) is 0 Å². The van der Waals surface area contributed by atoms with Crippen LogP contribution in [0.15, 0.2) is 46.3 Å². The number of benzene rings is 1. The minimum atomic E-state index is -0.0226. The summed E-state index contributed by atoms with van der Waals surface area (Å²) < 4.78 is 1.07. The number of hydrogen-bond donors (Lipinski definition) is 1. The van der Waals surface area contributed by atoms with Crippen LogP contribution in [0.5, 0.6) is 0 Å². The van der Waals surface area contributed by atoms with Crippen LogP contribution in [0.25, 0.3) is 0 Å². The van der Waals surface area contributed by atoms with E-state index >= 15 is 0 Å². The van der Waals surface area contributed by atoms with Crippen LogP contribution in [0.1, 0.15) is 16.5 Å². The molecule has 0 aliphatic rings. The van der Waals surface area contributed by atoms with Crippen molar-refractivity contribution in [3.8, 4) is 0 Å². The van der Waals surface area contributed by atoms with Gasteiger partial charge >= 0.3 is 0 Å². The molecule has 1 aromatic carbocycles. The minimum absolute atomic E-state index is 0.0226. The van der Waals surface area contributed by atoms with Gasteiger partial charge in [0.25, 0.3) is 0 Å². The molecule has 72 valence electrons. The Morgan fingerprint density at radius 3 is 2.57 bits per heavy atom. The zero-order chi connectivity index (χ0) is 9.97. The first-order chi connectivity index (χ1) is 6.79. The average Bonchev–Trinajstić information content (AvgIpc) is 2.70. The monoisotopic (exact) mass is 267 g/mol. The third kappa shape index (κ3) is 1.90. The Morgan fingerprint density at radius 1 is 1.14 bits per heavy atom. The minimum Gasteiger partial charge on any atom is -0.320 e. The molecule has 0 fully saturated rings. The molecule has 0 aliphatic heterocycles. The molecule has 2 rings (SSSR count). The predicted octanol–water partition coefficient (Wildman–Crippen LogP) is 3.56. The van der Waals surface area contributed by atoms with Crippen LogP contribution >= 0.6 is 27.3 Å². The first-order valence-corrected chi connectivity index (χ1v) is 5.99. The molecule has 0 saturated carbocycles. The van der Waals surface area contributed by atoms with E-state index in [-0.39, 0.29) is 6.04 Å². The van der Waals surface area contributed by atoms with Gasteiger partial charge in [0.15, 0.2) is 0 Å². The van der Waals surface area contributed by atoms with Crippen LogP contribution in [0.4, 0.5) is 0 Å². The molecule has 3 heteroatoms. The summed E-state index contributed by atoms with van der Waals surface area (Å²) in [5.74, 6) is 0. The molecule has 0 aliphatic carbocycles. The van der Waals surface area contributed by atoms with Crippen LogP contribution in [0.2, 0.25) is 0 Å². The van der Waals surface area contributed by atoms with E-state index in [0.717, 1.165) is 10.0 Å². The van der Waals surface area contributed by atoms with E-state index in [1.54, 1.807) is 11.3 Å². The fourth-order valence-corrected chi connectivity index (χ4v) is 2.63. The van der Waals surface area contributed by atoms with Crippen molar-refractivity contribution in [1.82, 2.24) is 0 Å². The highest BCUT2D eigenvalue weighted by Crippen LogP contribution is 2.28. The summed E-state index contributed by atoms with van der Waals surface area (Å²) in [5, 5.41) is 2.05. The number of hydrogen-bond acceptors (Lipinski definition) is 2. The van der Waals surface area contributed by atoms with Crippen molar-refractivity contribution in [3.05, 3.63) is 56.7 Å². The summed E-state index contributed by atoms with van der Waals surface area (Å²) in [6, 6.07) is 12.1. The third-order valence-electron chi connectivity index (χ3n) is 2.09. The molecule has 0 spiro atoms. The Morgan fingerprint density at radius 2 is 1.93 bits per heavy atom. The molecule has 2 aromatic rings. The van der Waals surface area contributed by atoms with E-state index < -0.39 is 0 Å². The van der Waals surface area contributed by atoms with Crippen molar-refractivity contribution in [2.24, 2.45) is 5.73 Å². The molecule has 0 saturated heterocycles. The smallest absolute Gasteiger partial charge is 0.0657 e. The van der Waals surface area contributed by atoms with Gasteiger partial charge in [-0.1, -0.05) is 40.2 Å². The second-order valence-electron chi connectivity index (χ2n) is 3.01. The number of rotatable bonds is 2. The van der Waals surface area contributed by atoms with Crippen LogP contribution in [0.3, 0.4) is 0 Å². The lowest BCUT2D eigenvalue weighted by molar-refractivity contribution is 0.887. The topological polar surface area (TPSA) is 26.0 Å². The molecule has 14 heavy (non-hydrogen) atoms. The van der Waals surface area contributed by atoms with Gasteiger partial charge in [0, 0.05) is 9.35 Å². The third-order valence-corrected chi connectivity index (χ3v) is 3.77. The summed E-state index contributed by atoms with van der Waals surface area (Å²) in [6.45, 7) is 0. The molecule has 1 heterocycles. The fraction of sp³-hybridized carbons (Fsp3) is 0.0909. The van der Waals surface area contributed by atoms with Crippen molar-refractivity contribution < 1.29 is 0 Å². The molecular weight excluding hydrogens is 258 g/mol. The van der Waals surface area contributed by atoms with Crippen LogP contribution in [-0.4, -0.2) is 0 Å². The van der Waals surface area contributed by atoms with Gasteiger partial charge in [-0.2, -0.15) is 0 Å². The second-order valence-corrected chi connectivity index (χ2v) is 4.85. The molecule has 2 N–H and O–H groups in total. The molecule has 0 radical (unpaired) electrons. The standard InChI is InChI=1S/C11H10BrNS/c12-9-5-2-1-4-8(9)11(13)10-6-3-7-14-10/h1-7,11H,13H2. The van der Waals surface area contributed by atoms with Crippen molar-refractivity contribution in [1.29, 1.82) is 0 Å². The van der Waals surface area contributed by atoms with Gasteiger partial charge in [-0.15, -0.1) is 11.3 Å². The Kier molecular flexibility index (Phi) is 3.01. The van der Waals surface area contributed by atoms with E-state index in [4.69, 9.17) is 5.73 Å². The predicted molar refractivity (Wildman–Crippen MR) is 64.5 cm³/mol. The zero-order valence-electron chi connectivity index (χ0n) is 7.48. The summed E-state index contributed by atoms with van der Waals surface area (Å²) in [7, 11) is 0. The Hall–Kier alpha value is -0.640. The normalized spacial score (nSPS) is 12.7. The lowest BCUT2D eigenvalue weighted by atomic mass is 10.1. The van der Waals surface area contributed by atoms with Gasteiger partial charge in [0.2, 0.25) is 0 Å². The SMILES string of the molecule is NC(c1cccs1)c1ccccc1Br. The fourth-order valence-electron chi connectivity index (χ4n) is 1.35. The van der Waals surface area contributed by atoms with E-state index in [2.05, 4.69) is 28.1 Å². The van der Waals surface area contributed by atoms with E-state index in [9.17, 15) is 0 Å². The highest BCUT2D eigenvalue weighted by atomic mass is 79.9. The molecule has 0 bridgehead atoms. The quantitative estimate of drug-likeness (QED) is 0.885. The second kappa shape index (κ2) is 4.26. The van der Waals surface area contributed by atoms with Gasteiger partial charge in [-0.25, -0.2) is 0 Å². The first kappa shape index (κ1) is 9.90. The van der Waals surface area contributed by atoms with Crippen molar-refractivity contribution in [2.75, 3.05) is 0 Å². The van der Waals surface area contributed by atoms with Crippen LogP contribution in [-0.2, 0) is 0 Å². The lowest BCUT2D eigenvalue weighted by Gasteiger charge is -2.11. The molecule has 1 atom stereocenters. The summed E-state index contributed by atoms with van der Waals surface area (Å²) in [4.78, 5) is 1.19. The van der Waals surface area contributed by atoms with Crippen LogP contribution < -0.4 is 5.73 Å². The molecular formula is C11H10BrNS. The first-order valence-electron chi connectivity index (χ1n) is 4.32. The Labute approximate surface area is 95.7 Å². The molecule has 0 amide bonds. The van der Waals surface area contributed by atoms with Gasteiger partial charge < -0.3 is 5.73 Å². The zero-order valence-corrected chi connectivity index (χ0v) is 9.88. The molecule has 1 aromatic heterocycles. The molecule has 1 unspecified atom stereocenters. The van der Waals surface area contributed by atoms with Gasteiger partial charge in [-0.05, 0) is 23.1 Å². The van der Waals surface area contributed by atoms with Crippen molar-refractivity contribution in [3.63, 3.8) is 0 Å². The average molecular weight is 268 g/mol. The van der Waals surface area contributed by atoms with Crippen LogP contribution in [0, 0.1) is 0 Å². The Balaban J connectivity index is 2.37. The summed E-state index contributed by atoms with van der Waals surface area (Å²) in [6.07, 6.45) is 0. The largest absolute Gasteiger partial charge is 0.320 e. The van der Waals surface area contributed by atoms with E-state index in [1.807, 2.05) is 29.6 Å². The number of halogens is 1. The summed E-state index contributed by atoms with van der Waals surface area (Å²) >= 11 is 5.20. The van der Waals surface area contributed by atoms with Gasteiger partial charge in [-0.3, -0.25) is 0 Å². The van der Waals surface area contributed by atoms with Crippen molar-refractivity contribution in [2.45, 2.75) is 6.04 Å². The molecule has 1 nitrogen and oxygen atoms in total.